The van der Waals surface area contributed by atoms with Gasteiger partial charge >= 0.3 is 5.97 Å². The van der Waals surface area contributed by atoms with E-state index in [-0.39, 0.29) is 45.1 Å². The highest BCUT2D eigenvalue weighted by molar-refractivity contribution is 9.12. The summed E-state index contributed by atoms with van der Waals surface area (Å²) in [6.45, 7) is -1.02. The predicted octanol–water partition coefficient (Wildman–Crippen LogP) is 2.60. The molecule has 0 unspecified atom stereocenters. The van der Waals surface area contributed by atoms with E-state index in [0.717, 1.165) is 11.3 Å². The zero-order valence-corrected chi connectivity index (χ0v) is 18.9. The van der Waals surface area contributed by atoms with E-state index in [1.165, 1.54) is 0 Å². The fourth-order valence-electron chi connectivity index (χ4n) is 4.64. The van der Waals surface area contributed by atoms with Crippen LogP contribution in [-0.4, -0.2) is 51.4 Å². The number of nitrogens with one attached hydrogen (secondary N) is 1. The molecule has 7 nitrogen and oxygen atoms in total. The van der Waals surface area contributed by atoms with E-state index in [1.54, 1.807) is 24.3 Å². The van der Waals surface area contributed by atoms with Gasteiger partial charge in [-0.1, -0.05) is 55.6 Å². The number of hydrogen-bond donors (Lipinski definition) is 1. The summed E-state index contributed by atoms with van der Waals surface area (Å²) in [7, 11) is 0. The Kier molecular flexibility index (Phi) is 5.74. The van der Waals surface area contributed by atoms with Crippen molar-refractivity contribution in [2.45, 2.75) is 16.1 Å². The number of hydrogen-bond acceptors (Lipinski definition) is 5. The molecule has 2 bridgehead atoms. The third kappa shape index (κ3) is 3.61. The lowest BCUT2D eigenvalue weighted by molar-refractivity contribution is -0.154. The highest BCUT2D eigenvalue weighted by Crippen LogP contribution is 2.60. The number of para-hydroxylation sites is 1. The van der Waals surface area contributed by atoms with Gasteiger partial charge in [0, 0.05) is 9.65 Å². The zero-order valence-electron chi connectivity index (χ0n) is 15.0. The molecule has 3 fully saturated rings. The quantitative estimate of drug-likeness (QED) is 0.347. The summed E-state index contributed by atoms with van der Waals surface area (Å²) in [6.07, 6.45) is 0.819. The Balaban J connectivity index is 1.32. The maximum absolute atomic E-state index is 12.8. The number of nitrogens with zero attached hydrogens (tertiary/aromatic N) is 1. The summed E-state index contributed by atoms with van der Waals surface area (Å²) in [6, 6.07) is 6.66. The monoisotopic (exact) mass is 546 g/mol. The van der Waals surface area contributed by atoms with Crippen LogP contribution in [0.15, 0.2) is 24.3 Å². The first kappa shape index (κ1) is 20.8. The van der Waals surface area contributed by atoms with Crippen LogP contribution in [0.1, 0.15) is 6.42 Å². The van der Waals surface area contributed by atoms with Crippen molar-refractivity contribution in [1.29, 1.82) is 0 Å². The lowest BCUT2D eigenvalue weighted by atomic mass is 9.81. The highest BCUT2D eigenvalue weighted by Gasteiger charge is 2.66. The first-order chi connectivity index (χ1) is 13.8. The van der Waals surface area contributed by atoms with Crippen molar-refractivity contribution < 1.29 is 23.9 Å². The Morgan fingerprint density at radius 2 is 1.69 bits per heavy atom. The number of anilines is 1. The lowest BCUT2D eigenvalue weighted by Gasteiger charge is -2.28. The minimum Gasteiger partial charge on any atom is -0.454 e. The van der Waals surface area contributed by atoms with E-state index in [0.29, 0.717) is 10.7 Å². The summed E-state index contributed by atoms with van der Waals surface area (Å²) < 4.78 is 4.95. The Hall–Kier alpha value is -1.45. The molecule has 1 aromatic carbocycles. The summed E-state index contributed by atoms with van der Waals surface area (Å²) in [5, 5.41) is 2.89. The van der Waals surface area contributed by atoms with Crippen LogP contribution in [0, 0.1) is 23.7 Å². The fourth-order valence-corrected chi connectivity index (χ4v) is 6.69. The molecule has 29 heavy (non-hydrogen) atoms. The highest BCUT2D eigenvalue weighted by atomic mass is 79.9. The van der Waals surface area contributed by atoms with Crippen molar-refractivity contribution in [3.8, 4) is 0 Å². The summed E-state index contributed by atoms with van der Waals surface area (Å²) in [4.78, 5) is 50.9. The smallest absolute Gasteiger partial charge is 0.326 e. The summed E-state index contributed by atoms with van der Waals surface area (Å²) >= 11 is 13.2. The van der Waals surface area contributed by atoms with Crippen LogP contribution < -0.4 is 5.32 Å². The number of carbonyl (C=O) groups excluding carboxylic acids is 4. The van der Waals surface area contributed by atoms with Crippen molar-refractivity contribution >= 4 is 72.8 Å². The second kappa shape index (κ2) is 8.00. The fraction of sp³-hybridized carbons (Fsp3) is 0.474. The van der Waals surface area contributed by atoms with E-state index in [1.807, 2.05) is 0 Å². The van der Waals surface area contributed by atoms with Gasteiger partial charge in [-0.2, -0.15) is 0 Å². The second-order valence-electron chi connectivity index (χ2n) is 7.46. The van der Waals surface area contributed by atoms with Crippen LogP contribution >= 0.6 is 43.5 Å². The number of amides is 3. The molecule has 10 heteroatoms. The molecule has 1 aromatic rings. The Morgan fingerprint density at radius 3 is 2.28 bits per heavy atom. The molecule has 2 saturated carbocycles. The first-order valence-electron chi connectivity index (χ1n) is 9.13. The van der Waals surface area contributed by atoms with E-state index in [2.05, 4.69) is 37.2 Å². The number of likely N-dealkylation sites (tertiary alicyclic amines) is 1. The molecule has 0 radical (unpaired) electrons. The van der Waals surface area contributed by atoms with E-state index in [4.69, 9.17) is 16.3 Å². The van der Waals surface area contributed by atoms with E-state index >= 15 is 0 Å². The van der Waals surface area contributed by atoms with Gasteiger partial charge in [0.2, 0.25) is 11.8 Å². The first-order valence-corrected chi connectivity index (χ1v) is 11.3. The molecule has 2 aliphatic carbocycles. The Labute approximate surface area is 188 Å². The predicted molar refractivity (Wildman–Crippen MR) is 112 cm³/mol. The van der Waals surface area contributed by atoms with Crippen molar-refractivity contribution in [2.24, 2.45) is 23.7 Å². The number of imide groups is 1. The minimum atomic E-state index is -0.806. The number of esters is 1. The molecule has 154 valence electrons. The number of ether oxygens (including phenoxy) is 1. The minimum absolute atomic E-state index is 0.0771. The van der Waals surface area contributed by atoms with Gasteiger partial charge in [-0.05, 0) is 30.4 Å². The van der Waals surface area contributed by atoms with Crippen LogP contribution in [-0.2, 0) is 23.9 Å². The molecular formula is C19H17Br2ClN2O5. The standard InChI is InChI=1S/C19H17Br2ClN2O5/c20-16-8-5-9(17(16)21)15-14(8)18(27)24(19(15)28)6-13(26)29-7-12(25)23-11-4-2-1-3-10(11)22/h1-4,8-9,14-17H,5-7H2,(H,23,25)/t8-,9-,14-,15+,16+,17+/m1/s1. The molecule has 1 aliphatic heterocycles. The van der Waals surface area contributed by atoms with Gasteiger partial charge in [0.05, 0.1) is 22.5 Å². The third-order valence-electron chi connectivity index (χ3n) is 5.88. The van der Waals surface area contributed by atoms with Gasteiger partial charge in [0.25, 0.3) is 5.91 Å². The normalized spacial score (nSPS) is 32.4. The molecule has 1 N–H and O–H groups in total. The molecule has 0 spiro atoms. The van der Waals surface area contributed by atoms with Crippen LogP contribution in [0.5, 0.6) is 0 Å². The largest absolute Gasteiger partial charge is 0.454 e. The Bertz CT molecular complexity index is 865. The van der Waals surface area contributed by atoms with E-state index < -0.39 is 25.0 Å². The van der Waals surface area contributed by atoms with Crippen molar-refractivity contribution in [3.05, 3.63) is 29.3 Å². The molecule has 1 heterocycles. The number of carbonyl (C=O) groups is 4. The van der Waals surface area contributed by atoms with Crippen LogP contribution in [0.25, 0.3) is 0 Å². The SMILES string of the molecule is O=C(COC(=O)CN1C(=O)[C@@H]2[C@H]3C[C@@H]([C@H](Br)[C@H]3Br)[C@@H]2C1=O)Nc1ccccc1Cl. The van der Waals surface area contributed by atoms with Crippen molar-refractivity contribution in [3.63, 3.8) is 0 Å². The molecule has 3 aliphatic rings. The zero-order chi connectivity index (χ0) is 20.9. The molecule has 6 atom stereocenters. The average Bonchev–Trinajstić information content (AvgIpc) is 3.29. The molecular weight excluding hydrogens is 531 g/mol. The van der Waals surface area contributed by atoms with Crippen LogP contribution in [0.2, 0.25) is 5.02 Å². The summed E-state index contributed by atoms with van der Waals surface area (Å²) in [5.74, 6) is -2.64. The topological polar surface area (TPSA) is 92.8 Å². The summed E-state index contributed by atoms with van der Waals surface area (Å²) in [5.41, 5.74) is 0.400. The van der Waals surface area contributed by atoms with Gasteiger partial charge in [-0.25, -0.2) is 0 Å². The van der Waals surface area contributed by atoms with Crippen LogP contribution in [0.3, 0.4) is 0 Å². The third-order valence-corrected chi connectivity index (χ3v) is 9.41. The number of alkyl halides is 2. The number of benzene rings is 1. The van der Waals surface area contributed by atoms with Crippen molar-refractivity contribution in [1.82, 2.24) is 4.90 Å². The number of rotatable bonds is 5. The maximum Gasteiger partial charge on any atom is 0.326 e. The maximum atomic E-state index is 12.8. The average molecular weight is 549 g/mol. The van der Waals surface area contributed by atoms with Crippen molar-refractivity contribution in [2.75, 3.05) is 18.5 Å². The van der Waals surface area contributed by atoms with E-state index in [9.17, 15) is 19.2 Å². The van der Waals surface area contributed by atoms with Gasteiger partial charge in [-0.3, -0.25) is 24.1 Å². The number of halogens is 3. The molecule has 4 rings (SSSR count). The molecule has 1 saturated heterocycles. The van der Waals surface area contributed by atoms with Gasteiger partial charge in [-0.15, -0.1) is 0 Å². The molecule has 3 amide bonds. The number of fused-ring (bicyclic) bond motifs is 5. The van der Waals surface area contributed by atoms with Crippen LogP contribution in [0.4, 0.5) is 5.69 Å². The molecule has 0 aromatic heterocycles. The lowest BCUT2D eigenvalue weighted by Crippen LogP contribution is -2.38. The van der Waals surface area contributed by atoms with Gasteiger partial charge < -0.3 is 10.1 Å². The van der Waals surface area contributed by atoms with Gasteiger partial charge in [0.15, 0.2) is 6.61 Å². The van der Waals surface area contributed by atoms with Gasteiger partial charge in [0.1, 0.15) is 6.54 Å². The second-order valence-corrected chi connectivity index (χ2v) is 9.98. The Morgan fingerprint density at radius 1 is 1.10 bits per heavy atom.